The number of hydrogen-bond acceptors (Lipinski definition) is 4. The van der Waals surface area contributed by atoms with Crippen LogP contribution in [0.4, 0.5) is 0 Å². The maximum atomic E-state index is 11.5. The Labute approximate surface area is 137 Å². The van der Waals surface area contributed by atoms with Crippen molar-refractivity contribution in [3.8, 4) is 0 Å². The molecule has 2 heterocycles. The van der Waals surface area contributed by atoms with Gasteiger partial charge in [0.25, 0.3) is 0 Å². The van der Waals surface area contributed by atoms with Gasteiger partial charge in [-0.15, -0.1) is 0 Å². The number of halogens is 1. The largest absolute Gasteiger partial charge is 0.465 e. The number of nitrogens with zero attached hydrogens (tertiary/aromatic N) is 3. The first kappa shape index (κ1) is 14.2. The molecule has 0 radical (unpaired) electrons. The number of imidazole rings is 1. The summed E-state index contributed by atoms with van der Waals surface area (Å²) in [6, 6.07) is 9.49. The second-order valence-corrected chi connectivity index (χ2v) is 6.07. The van der Waals surface area contributed by atoms with Crippen LogP contribution in [0, 0.1) is 0 Å². The fourth-order valence-corrected chi connectivity index (χ4v) is 3.27. The average Bonchev–Trinajstić information content (AvgIpc) is 3.23. The summed E-state index contributed by atoms with van der Waals surface area (Å²) < 4.78 is 6.44. The van der Waals surface area contributed by atoms with Gasteiger partial charge in [0, 0.05) is 18.0 Å². The van der Waals surface area contributed by atoms with Crippen molar-refractivity contribution in [2.75, 3.05) is 7.11 Å². The summed E-state index contributed by atoms with van der Waals surface area (Å²) in [5.41, 5.74) is 3.75. The molecule has 4 rings (SSSR count). The molecule has 116 valence electrons. The first-order valence-electron chi connectivity index (χ1n) is 7.35. The number of fused-ring (bicyclic) bond motifs is 1. The van der Waals surface area contributed by atoms with E-state index in [2.05, 4.69) is 10.1 Å². The quantitative estimate of drug-likeness (QED) is 0.691. The molecule has 6 heteroatoms. The first-order valence-corrected chi connectivity index (χ1v) is 7.73. The summed E-state index contributed by atoms with van der Waals surface area (Å²) in [5.74, 6) is 0.481. The second kappa shape index (κ2) is 5.35. The maximum Gasteiger partial charge on any atom is 0.337 e. The van der Waals surface area contributed by atoms with Crippen molar-refractivity contribution in [2.24, 2.45) is 0 Å². The molecule has 0 unspecified atom stereocenters. The highest BCUT2D eigenvalue weighted by molar-refractivity contribution is 6.29. The summed E-state index contributed by atoms with van der Waals surface area (Å²) in [6.07, 6.45) is 4.57. The lowest BCUT2D eigenvalue weighted by atomic mass is 10.0. The van der Waals surface area contributed by atoms with E-state index >= 15 is 0 Å². The molecule has 2 atom stereocenters. The van der Waals surface area contributed by atoms with E-state index in [1.165, 1.54) is 12.7 Å². The molecule has 0 spiro atoms. The SMILES string of the molecule is COC(=O)c1ccc([C@H]2C[C@@H]2c2cc(Cl)nn3ccnc23)cc1. The van der Waals surface area contributed by atoms with Crippen LogP contribution in [0.2, 0.25) is 5.15 Å². The maximum absolute atomic E-state index is 11.5. The molecule has 1 saturated carbocycles. The number of benzene rings is 1. The topological polar surface area (TPSA) is 56.5 Å². The number of carbonyl (C=O) groups excluding carboxylic acids is 1. The van der Waals surface area contributed by atoms with E-state index in [0.29, 0.717) is 22.6 Å². The van der Waals surface area contributed by atoms with Gasteiger partial charge in [-0.3, -0.25) is 0 Å². The summed E-state index contributed by atoms with van der Waals surface area (Å²) >= 11 is 6.11. The number of methoxy groups -OCH3 is 1. The molecule has 0 bridgehead atoms. The lowest BCUT2D eigenvalue weighted by molar-refractivity contribution is 0.0600. The molecule has 0 N–H and O–H groups in total. The lowest BCUT2D eigenvalue weighted by Crippen LogP contribution is -2.00. The molecule has 0 aliphatic heterocycles. The highest BCUT2D eigenvalue weighted by Gasteiger charge is 2.41. The predicted octanol–water partition coefficient (Wildman–Crippen LogP) is 3.44. The fourth-order valence-electron chi connectivity index (χ4n) is 3.07. The Morgan fingerprint density at radius 1 is 1.30 bits per heavy atom. The van der Waals surface area contributed by atoms with E-state index in [1.54, 1.807) is 29.0 Å². The number of esters is 1. The molecular weight excluding hydrogens is 314 g/mol. The molecule has 1 aromatic carbocycles. The number of ether oxygens (including phenoxy) is 1. The highest BCUT2D eigenvalue weighted by atomic mass is 35.5. The van der Waals surface area contributed by atoms with Crippen molar-refractivity contribution < 1.29 is 9.53 Å². The van der Waals surface area contributed by atoms with Gasteiger partial charge < -0.3 is 4.74 Å². The lowest BCUT2D eigenvalue weighted by Gasteiger charge is -2.05. The third kappa shape index (κ3) is 2.47. The van der Waals surface area contributed by atoms with Crippen molar-refractivity contribution in [1.82, 2.24) is 14.6 Å². The Morgan fingerprint density at radius 3 is 2.83 bits per heavy atom. The molecule has 23 heavy (non-hydrogen) atoms. The molecule has 1 aliphatic carbocycles. The number of rotatable bonds is 3. The van der Waals surface area contributed by atoms with Crippen LogP contribution >= 0.6 is 11.6 Å². The first-order chi connectivity index (χ1) is 11.2. The zero-order valence-electron chi connectivity index (χ0n) is 12.4. The van der Waals surface area contributed by atoms with E-state index in [-0.39, 0.29) is 5.97 Å². The van der Waals surface area contributed by atoms with E-state index < -0.39 is 0 Å². The summed E-state index contributed by atoms with van der Waals surface area (Å²) in [5, 5.41) is 4.68. The van der Waals surface area contributed by atoms with Crippen LogP contribution in [0.25, 0.3) is 5.65 Å². The van der Waals surface area contributed by atoms with Crippen LogP contribution in [0.15, 0.2) is 42.7 Å². The fraction of sp³-hybridized carbons (Fsp3) is 0.235. The average molecular weight is 328 g/mol. The van der Waals surface area contributed by atoms with Crippen molar-refractivity contribution in [3.63, 3.8) is 0 Å². The van der Waals surface area contributed by atoms with E-state index in [9.17, 15) is 4.79 Å². The van der Waals surface area contributed by atoms with Crippen LogP contribution in [-0.2, 0) is 4.74 Å². The molecule has 1 aliphatic rings. The normalized spacial score (nSPS) is 19.7. The highest BCUT2D eigenvalue weighted by Crippen LogP contribution is 2.55. The van der Waals surface area contributed by atoms with E-state index in [4.69, 9.17) is 16.3 Å². The summed E-state index contributed by atoms with van der Waals surface area (Å²) in [7, 11) is 1.39. The number of hydrogen-bond donors (Lipinski definition) is 0. The zero-order chi connectivity index (χ0) is 16.0. The molecule has 2 aromatic heterocycles. The van der Waals surface area contributed by atoms with Gasteiger partial charge in [-0.2, -0.15) is 5.10 Å². The van der Waals surface area contributed by atoms with Gasteiger partial charge >= 0.3 is 5.97 Å². The van der Waals surface area contributed by atoms with Gasteiger partial charge in [0.2, 0.25) is 0 Å². The minimum Gasteiger partial charge on any atom is -0.465 e. The monoisotopic (exact) mass is 327 g/mol. The third-order valence-corrected chi connectivity index (χ3v) is 4.49. The number of carbonyl (C=O) groups is 1. The molecule has 0 amide bonds. The summed E-state index contributed by atoms with van der Waals surface area (Å²) in [6.45, 7) is 0. The van der Waals surface area contributed by atoms with Crippen LogP contribution in [-0.4, -0.2) is 27.7 Å². The van der Waals surface area contributed by atoms with E-state index in [0.717, 1.165) is 17.6 Å². The Kier molecular flexibility index (Phi) is 3.31. The Balaban J connectivity index is 1.62. The van der Waals surface area contributed by atoms with Gasteiger partial charge in [0.05, 0.1) is 12.7 Å². The molecular formula is C17H14ClN3O2. The van der Waals surface area contributed by atoms with Crippen molar-refractivity contribution in [3.05, 3.63) is 64.6 Å². The number of aromatic nitrogens is 3. The molecule has 3 aromatic rings. The zero-order valence-corrected chi connectivity index (χ0v) is 13.2. The predicted molar refractivity (Wildman–Crippen MR) is 85.9 cm³/mol. The molecule has 5 nitrogen and oxygen atoms in total. The minimum atomic E-state index is -0.316. The Morgan fingerprint density at radius 2 is 2.09 bits per heavy atom. The van der Waals surface area contributed by atoms with Crippen LogP contribution in [0.1, 0.15) is 39.7 Å². The van der Waals surface area contributed by atoms with Gasteiger partial charge in [0.1, 0.15) is 5.15 Å². The minimum absolute atomic E-state index is 0.316. The van der Waals surface area contributed by atoms with Gasteiger partial charge in [0.15, 0.2) is 5.65 Å². The van der Waals surface area contributed by atoms with Crippen LogP contribution in [0.3, 0.4) is 0 Å². The van der Waals surface area contributed by atoms with Crippen molar-refractivity contribution >= 4 is 23.2 Å². The van der Waals surface area contributed by atoms with Crippen molar-refractivity contribution in [2.45, 2.75) is 18.3 Å². The Hall–Kier alpha value is -2.40. The van der Waals surface area contributed by atoms with Gasteiger partial charge in [-0.1, -0.05) is 23.7 Å². The summed E-state index contributed by atoms with van der Waals surface area (Å²) in [4.78, 5) is 15.9. The van der Waals surface area contributed by atoms with E-state index in [1.807, 2.05) is 18.2 Å². The molecule has 0 saturated heterocycles. The van der Waals surface area contributed by atoms with Crippen LogP contribution < -0.4 is 0 Å². The van der Waals surface area contributed by atoms with Gasteiger partial charge in [-0.05, 0) is 42.0 Å². The standard InChI is InChI=1S/C17H14ClN3O2/c1-23-17(22)11-4-2-10(3-5-11)12-8-13(12)14-9-15(18)20-21-7-6-19-16(14)21/h2-7,9,12-13H,8H2,1H3/t12-,13+/m1/s1. The van der Waals surface area contributed by atoms with Crippen LogP contribution in [0.5, 0.6) is 0 Å². The van der Waals surface area contributed by atoms with Crippen molar-refractivity contribution in [1.29, 1.82) is 0 Å². The smallest absolute Gasteiger partial charge is 0.337 e. The molecule has 1 fully saturated rings. The Bertz CT molecular complexity index is 888. The second-order valence-electron chi connectivity index (χ2n) is 5.68. The third-order valence-electron chi connectivity index (χ3n) is 4.31. The van der Waals surface area contributed by atoms with Gasteiger partial charge in [-0.25, -0.2) is 14.3 Å².